The minimum atomic E-state index is -0.407. The summed E-state index contributed by atoms with van der Waals surface area (Å²) in [5.74, 6) is -0.407. The fourth-order valence-corrected chi connectivity index (χ4v) is 2.54. The van der Waals surface area contributed by atoms with E-state index in [-0.39, 0.29) is 10.6 Å². The SMILES string of the molecule is Cc1ccc2ccc(Cc3cccc(Cl)c3F)cn2c1=O. The van der Waals surface area contributed by atoms with E-state index in [1.54, 1.807) is 35.7 Å². The fourth-order valence-electron chi connectivity index (χ4n) is 2.35. The van der Waals surface area contributed by atoms with Crippen molar-refractivity contribution in [1.29, 1.82) is 0 Å². The van der Waals surface area contributed by atoms with Gasteiger partial charge in [-0.05, 0) is 36.2 Å². The number of pyridine rings is 2. The number of aryl methyl sites for hydroxylation is 1. The van der Waals surface area contributed by atoms with E-state index in [2.05, 4.69) is 0 Å². The Morgan fingerprint density at radius 2 is 1.90 bits per heavy atom. The lowest BCUT2D eigenvalue weighted by atomic mass is 10.1. The Bertz CT molecular complexity index is 886. The Labute approximate surface area is 126 Å². The van der Waals surface area contributed by atoms with Crippen molar-refractivity contribution in [2.24, 2.45) is 0 Å². The molecular weight excluding hydrogens is 289 g/mol. The smallest absolute Gasteiger partial charge is 0.257 e. The van der Waals surface area contributed by atoms with Gasteiger partial charge in [0.05, 0.1) is 5.02 Å². The number of rotatable bonds is 2. The molecule has 0 N–H and O–H groups in total. The van der Waals surface area contributed by atoms with Gasteiger partial charge in [0.25, 0.3) is 5.56 Å². The number of fused-ring (bicyclic) bond motifs is 1. The maximum atomic E-state index is 13.9. The molecule has 0 atom stereocenters. The lowest BCUT2D eigenvalue weighted by Crippen LogP contribution is -2.16. The monoisotopic (exact) mass is 301 g/mol. The summed E-state index contributed by atoms with van der Waals surface area (Å²) >= 11 is 5.79. The van der Waals surface area contributed by atoms with Gasteiger partial charge in [-0.2, -0.15) is 0 Å². The standard InChI is InChI=1S/C17H13ClFNO/c1-11-5-7-14-8-6-12(10-20(14)17(11)21)9-13-3-2-4-15(18)16(13)19/h2-8,10H,9H2,1H3. The van der Waals surface area contributed by atoms with Crippen LogP contribution in [0.4, 0.5) is 4.39 Å². The molecule has 106 valence electrons. The van der Waals surface area contributed by atoms with Gasteiger partial charge in [0.1, 0.15) is 5.82 Å². The average Bonchev–Trinajstić information content (AvgIpc) is 2.48. The third kappa shape index (κ3) is 2.57. The maximum Gasteiger partial charge on any atom is 0.257 e. The Balaban J connectivity index is 2.07. The van der Waals surface area contributed by atoms with Crippen molar-refractivity contribution in [1.82, 2.24) is 4.40 Å². The van der Waals surface area contributed by atoms with Crippen LogP contribution in [0, 0.1) is 12.7 Å². The van der Waals surface area contributed by atoms with Gasteiger partial charge >= 0.3 is 0 Å². The second-order valence-corrected chi connectivity index (χ2v) is 5.45. The minimum Gasteiger partial charge on any atom is -0.284 e. The summed E-state index contributed by atoms with van der Waals surface area (Å²) < 4.78 is 15.5. The number of hydrogen-bond donors (Lipinski definition) is 0. The zero-order valence-electron chi connectivity index (χ0n) is 11.4. The molecular formula is C17H13ClFNO. The lowest BCUT2D eigenvalue weighted by Gasteiger charge is -2.08. The van der Waals surface area contributed by atoms with Crippen molar-refractivity contribution in [2.75, 3.05) is 0 Å². The van der Waals surface area contributed by atoms with Crippen molar-refractivity contribution < 1.29 is 4.39 Å². The maximum absolute atomic E-state index is 13.9. The molecule has 0 amide bonds. The molecule has 0 spiro atoms. The molecule has 0 fully saturated rings. The summed E-state index contributed by atoms with van der Waals surface area (Å²) in [6, 6.07) is 12.4. The van der Waals surface area contributed by atoms with Crippen LogP contribution >= 0.6 is 11.6 Å². The summed E-state index contributed by atoms with van der Waals surface area (Å²) in [6.07, 6.45) is 2.15. The first kappa shape index (κ1) is 13.8. The average molecular weight is 302 g/mol. The molecule has 0 bridgehead atoms. The molecule has 2 nitrogen and oxygen atoms in total. The third-order valence-corrected chi connectivity index (χ3v) is 3.82. The van der Waals surface area contributed by atoms with E-state index >= 15 is 0 Å². The van der Waals surface area contributed by atoms with E-state index in [0.717, 1.165) is 11.1 Å². The minimum absolute atomic E-state index is 0.0547. The second kappa shape index (κ2) is 5.34. The Morgan fingerprint density at radius 1 is 1.14 bits per heavy atom. The van der Waals surface area contributed by atoms with E-state index in [9.17, 15) is 9.18 Å². The van der Waals surface area contributed by atoms with Gasteiger partial charge in [-0.3, -0.25) is 9.20 Å². The molecule has 0 aliphatic heterocycles. The van der Waals surface area contributed by atoms with Gasteiger partial charge in [0, 0.05) is 23.7 Å². The van der Waals surface area contributed by atoms with Crippen molar-refractivity contribution >= 4 is 17.1 Å². The number of hydrogen-bond acceptors (Lipinski definition) is 1. The quantitative estimate of drug-likeness (QED) is 0.701. The highest BCUT2D eigenvalue weighted by Gasteiger charge is 2.08. The number of halogens is 2. The highest BCUT2D eigenvalue weighted by Crippen LogP contribution is 2.20. The molecule has 0 saturated carbocycles. The first-order valence-electron chi connectivity index (χ1n) is 6.60. The molecule has 0 aliphatic carbocycles. The number of benzene rings is 1. The van der Waals surface area contributed by atoms with Crippen LogP contribution in [0.2, 0.25) is 5.02 Å². The van der Waals surface area contributed by atoms with Gasteiger partial charge in [0.2, 0.25) is 0 Å². The van der Waals surface area contributed by atoms with E-state index in [4.69, 9.17) is 11.6 Å². The highest BCUT2D eigenvalue weighted by atomic mass is 35.5. The molecule has 21 heavy (non-hydrogen) atoms. The van der Waals surface area contributed by atoms with Crippen molar-refractivity contribution in [2.45, 2.75) is 13.3 Å². The van der Waals surface area contributed by atoms with Crippen LogP contribution in [0.25, 0.3) is 5.52 Å². The van der Waals surface area contributed by atoms with Crippen molar-refractivity contribution in [3.63, 3.8) is 0 Å². The van der Waals surface area contributed by atoms with Gasteiger partial charge in [0.15, 0.2) is 0 Å². The van der Waals surface area contributed by atoms with Crippen LogP contribution in [0.5, 0.6) is 0 Å². The topological polar surface area (TPSA) is 21.5 Å². The Hall–Kier alpha value is -2.13. The highest BCUT2D eigenvalue weighted by molar-refractivity contribution is 6.30. The van der Waals surface area contributed by atoms with Crippen molar-refractivity contribution in [3.05, 3.63) is 86.5 Å². The molecule has 4 heteroatoms. The molecule has 2 heterocycles. The summed E-state index contributed by atoms with van der Waals surface area (Å²) in [7, 11) is 0. The molecule has 3 aromatic rings. The molecule has 0 radical (unpaired) electrons. The molecule has 1 aromatic carbocycles. The van der Waals surface area contributed by atoms with Gasteiger partial charge in [-0.15, -0.1) is 0 Å². The summed E-state index contributed by atoms with van der Waals surface area (Å²) in [6.45, 7) is 1.78. The largest absolute Gasteiger partial charge is 0.284 e. The Morgan fingerprint density at radius 3 is 2.71 bits per heavy atom. The predicted octanol–water partition coefficient (Wildman–Crippen LogP) is 3.99. The first-order valence-corrected chi connectivity index (χ1v) is 6.98. The van der Waals surface area contributed by atoms with Crippen LogP contribution < -0.4 is 5.56 Å². The summed E-state index contributed by atoms with van der Waals surface area (Å²) in [5, 5.41) is 0.112. The van der Waals surface area contributed by atoms with Crippen LogP contribution in [-0.4, -0.2) is 4.40 Å². The lowest BCUT2D eigenvalue weighted by molar-refractivity contribution is 0.614. The molecule has 3 rings (SSSR count). The second-order valence-electron chi connectivity index (χ2n) is 5.04. The van der Waals surface area contributed by atoms with Gasteiger partial charge in [-0.1, -0.05) is 35.9 Å². The van der Waals surface area contributed by atoms with Crippen LogP contribution in [0.15, 0.2) is 53.5 Å². The van der Waals surface area contributed by atoms with Crippen LogP contribution in [0.1, 0.15) is 16.7 Å². The summed E-state index contributed by atoms with van der Waals surface area (Å²) in [4.78, 5) is 12.1. The van der Waals surface area contributed by atoms with E-state index in [1.165, 1.54) is 6.07 Å². The molecule has 2 aromatic heterocycles. The third-order valence-electron chi connectivity index (χ3n) is 3.53. The first-order chi connectivity index (χ1) is 10.1. The zero-order valence-corrected chi connectivity index (χ0v) is 12.2. The zero-order chi connectivity index (χ0) is 15.0. The number of nitrogens with zero attached hydrogens (tertiary/aromatic N) is 1. The number of aromatic nitrogens is 1. The molecule has 0 aliphatic rings. The molecule has 0 saturated heterocycles. The normalized spacial score (nSPS) is 11.0. The van der Waals surface area contributed by atoms with Crippen molar-refractivity contribution in [3.8, 4) is 0 Å². The van der Waals surface area contributed by atoms with E-state index in [0.29, 0.717) is 17.5 Å². The Kier molecular flexibility index (Phi) is 3.52. The predicted molar refractivity (Wildman–Crippen MR) is 82.6 cm³/mol. The fraction of sp³-hybridized carbons (Fsp3) is 0.118. The van der Waals surface area contributed by atoms with E-state index in [1.807, 2.05) is 18.2 Å². The molecule has 0 unspecified atom stereocenters. The van der Waals surface area contributed by atoms with Gasteiger partial charge < -0.3 is 0 Å². The van der Waals surface area contributed by atoms with Gasteiger partial charge in [-0.25, -0.2) is 4.39 Å². The van der Waals surface area contributed by atoms with Crippen LogP contribution in [0.3, 0.4) is 0 Å². The summed E-state index contributed by atoms with van der Waals surface area (Å²) in [5.41, 5.74) is 2.82. The van der Waals surface area contributed by atoms with Crippen LogP contribution in [-0.2, 0) is 6.42 Å². The van der Waals surface area contributed by atoms with E-state index < -0.39 is 5.82 Å².